The van der Waals surface area contributed by atoms with Crippen molar-refractivity contribution in [2.45, 2.75) is 12.8 Å². The van der Waals surface area contributed by atoms with Crippen LogP contribution in [-0.4, -0.2) is 0 Å². The largest absolute Gasteiger partial charge is 0.226 e. The van der Waals surface area contributed by atoms with Gasteiger partial charge in [-0.2, -0.15) is 6.08 Å². The third-order valence-corrected chi connectivity index (χ3v) is 2.87. The molecule has 0 heterocycles. The second kappa shape index (κ2) is 6.13. The maximum Gasteiger partial charge on any atom is 0 e. The van der Waals surface area contributed by atoms with Gasteiger partial charge < -0.3 is 0 Å². The smallest absolute Gasteiger partial charge is 0 e. The van der Waals surface area contributed by atoms with E-state index in [2.05, 4.69) is 36.8 Å². The summed E-state index contributed by atoms with van der Waals surface area (Å²) in [5.41, 5.74) is 4.37. The van der Waals surface area contributed by atoms with E-state index in [1.165, 1.54) is 29.6 Å². The first-order valence-corrected chi connectivity index (χ1v) is 4.59. The van der Waals surface area contributed by atoms with Crippen LogP contribution in [0.4, 0.5) is 0 Å². The number of halogens is 2. The number of rotatable bonds is 0. The Labute approximate surface area is 123 Å². The molecule has 1 saturated carbocycles. The molecule has 0 aromatic heterocycles. The monoisotopic (exact) mass is 317 g/mol. The fourth-order valence-electron chi connectivity index (χ4n) is 2.22. The van der Waals surface area contributed by atoms with Crippen molar-refractivity contribution < 1.29 is 26.2 Å². The van der Waals surface area contributed by atoms with Gasteiger partial charge in [-0.25, -0.2) is 12.0 Å². The van der Waals surface area contributed by atoms with Gasteiger partial charge in [0, 0.05) is 26.2 Å². The van der Waals surface area contributed by atoms with Crippen LogP contribution in [0.5, 0.6) is 0 Å². The number of hydrogen-bond donors (Lipinski definition) is 0. The topological polar surface area (TPSA) is 0 Å². The molecule has 15 heavy (non-hydrogen) atoms. The van der Waals surface area contributed by atoms with E-state index in [-0.39, 0.29) is 51.0 Å². The Morgan fingerprint density at radius 1 is 1.20 bits per heavy atom. The minimum atomic E-state index is 0. The Morgan fingerprint density at radius 3 is 2.80 bits per heavy atom. The van der Waals surface area contributed by atoms with Crippen LogP contribution in [0.2, 0.25) is 0 Å². The molecule has 0 saturated heterocycles. The van der Waals surface area contributed by atoms with E-state index in [1.807, 2.05) is 0 Å². The fraction of sp³-hybridized carbons (Fsp3) is 0.250. The predicted molar refractivity (Wildman–Crippen MR) is 64.9 cm³/mol. The van der Waals surface area contributed by atoms with Gasteiger partial charge in [0.15, 0.2) is 0 Å². The van der Waals surface area contributed by atoms with Crippen LogP contribution >= 0.6 is 24.8 Å². The van der Waals surface area contributed by atoms with Gasteiger partial charge in [0.1, 0.15) is 0 Å². The standard InChI is InChI=1S/C12H11.2ClH.Zr/c1-3-9-7-11-5-2-6-12(11)8-10(9)4-1;;;/h1,3-5,7-8,12H,2,6H2;2*1H;/q-1;;;. The molecule has 80 valence electrons. The van der Waals surface area contributed by atoms with Crippen LogP contribution in [0.1, 0.15) is 12.8 Å². The normalized spacial score (nSPS) is 24.0. The quantitative estimate of drug-likeness (QED) is 0.596. The maximum atomic E-state index is 2.41. The molecule has 0 nitrogen and oxygen atoms in total. The van der Waals surface area contributed by atoms with E-state index in [1.54, 1.807) is 0 Å². The van der Waals surface area contributed by atoms with Crippen LogP contribution in [0.3, 0.4) is 0 Å². The summed E-state index contributed by atoms with van der Waals surface area (Å²) >= 11 is 0. The molecule has 1 fully saturated rings. The number of hydrogen-bond acceptors (Lipinski definition) is 0. The van der Waals surface area contributed by atoms with Gasteiger partial charge in [0.25, 0.3) is 0 Å². The number of allylic oxidation sites excluding steroid dienone is 8. The van der Waals surface area contributed by atoms with E-state index < -0.39 is 0 Å². The van der Waals surface area contributed by atoms with E-state index in [4.69, 9.17) is 0 Å². The molecule has 0 radical (unpaired) electrons. The molecular formula is C12H13Cl2Zr-. The van der Waals surface area contributed by atoms with E-state index in [0.29, 0.717) is 0 Å². The third-order valence-electron chi connectivity index (χ3n) is 2.87. The fourth-order valence-corrected chi connectivity index (χ4v) is 2.22. The van der Waals surface area contributed by atoms with Gasteiger partial charge in [0.2, 0.25) is 0 Å². The molecule has 3 aliphatic carbocycles. The Bertz CT molecular complexity index is 351. The minimum Gasteiger partial charge on any atom is -0.226 e. The molecule has 1 unspecified atom stereocenters. The van der Waals surface area contributed by atoms with Gasteiger partial charge in [-0.15, -0.1) is 31.2 Å². The summed E-state index contributed by atoms with van der Waals surface area (Å²) < 4.78 is 0. The molecule has 0 spiro atoms. The third kappa shape index (κ3) is 2.70. The Balaban J connectivity index is 0.000000653. The molecule has 0 aromatic rings. The molecule has 0 bridgehead atoms. The summed E-state index contributed by atoms with van der Waals surface area (Å²) in [5.74, 6) is 0.722. The summed E-state index contributed by atoms with van der Waals surface area (Å²) in [6.07, 6.45) is 16.2. The van der Waals surface area contributed by atoms with Crippen molar-refractivity contribution in [3.63, 3.8) is 0 Å². The summed E-state index contributed by atoms with van der Waals surface area (Å²) in [5, 5.41) is 0. The van der Waals surface area contributed by atoms with Gasteiger partial charge >= 0.3 is 0 Å². The summed E-state index contributed by atoms with van der Waals surface area (Å²) in [6, 6.07) is 0. The zero-order valence-electron chi connectivity index (χ0n) is 8.27. The SMILES string of the molecule is C1=CC2=CC3CC[CH-]C3=CC2=C1.Cl.Cl.[Zr]. The molecule has 0 aromatic carbocycles. The average molecular weight is 319 g/mol. The van der Waals surface area contributed by atoms with Crippen molar-refractivity contribution in [2.24, 2.45) is 5.92 Å². The average Bonchev–Trinajstić information content (AvgIpc) is 2.64. The molecule has 0 amide bonds. The molecule has 3 aliphatic rings. The Hall–Kier alpha value is 0.293. The van der Waals surface area contributed by atoms with Crippen LogP contribution in [-0.2, 0) is 26.2 Å². The number of fused-ring (bicyclic) bond motifs is 2. The van der Waals surface area contributed by atoms with Crippen molar-refractivity contribution in [3.8, 4) is 0 Å². The van der Waals surface area contributed by atoms with Crippen LogP contribution in [0.15, 0.2) is 47.1 Å². The maximum absolute atomic E-state index is 2.41. The summed E-state index contributed by atoms with van der Waals surface area (Å²) in [4.78, 5) is 0. The van der Waals surface area contributed by atoms with Gasteiger partial charge in [-0.3, -0.25) is 0 Å². The first-order valence-electron chi connectivity index (χ1n) is 4.59. The Morgan fingerprint density at radius 2 is 2.00 bits per heavy atom. The molecule has 0 N–H and O–H groups in total. The molecular weight excluding hydrogens is 306 g/mol. The molecule has 3 heteroatoms. The van der Waals surface area contributed by atoms with Gasteiger partial charge in [0.05, 0.1) is 0 Å². The van der Waals surface area contributed by atoms with Crippen molar-refractivity contribution in [3.05, 3.63) is 53.5 Å². The van der Waals surface area contributed by atoms with E-state index in [0.717, 1.165) is 5.92 Å². The summed E-state index contributed by atoms with van der Waals surface area (Å²) in [6.45, 7) is 0. The van der Waals surface area contributed by atoms with Gasteiger partial charge in [-0.1, -0.05) is 36.3 Å². The first-order chi connectivity index (χ1) is 5.93. The van der Waals surface area contributed by atoms with Crippen LogP contribution < -0.4 is 0 Å². The van der Waals surface area contributed by atoms with Crippen molar-refractivity contribution in [1.82, 2.24) is 0 Å². The van der Waals surface area contributed by atoms with Gasteiger partial charge in [-0.05, 0) is 11.5 Å². The summed E-state index contributed by atoms with van der Waals surface area (Å²) in [7, 11) is 0. The van der Waals surface area contributed by atoms with Crippen molar-refractivity contribution >= 4 is 24.8 Å². The zero-order chi connectivity index (χ0) is 7.97. The minimum absolute atomic E-state index is 0. The van der Waals surface area contributed by atoms with Crippen molar-refractivity contribution in [1.29, 1.82) is 0 Å². The predicted octanol–water partition coefficient (Wildman–Crippen LogP) is 3.80. The van der Waals surface area contributed by atoms with Crippen LogP contribution in [0, 0.1) is 12.3 Å². The second-order valence-corrected chi connectivity index (χ2v) is 3.64. The second-order valence-electron chi connectivity index (χ2n) is 3.64. The van der Waals surface area contributed by atoms with Crippen molar-refractivity contribution in [2.75, 3.05) is 0 Å². The molecule has 0 aliphatic heterocycles. The Kier molecular flexibility index (Phi) is 6.25. The molecule has 1 atom stereocenters. The first kappa shape index (κ1) is 15.3. The van der Waals surface area contributed by atoms with Crippen LogP contribution in [0.25, 0.3) is 0 Å². The van der Waals surface area contributed by atoms with E-state index >= 15 is 0 Å². The van der Waals surface area contributed by atoms with E-state index in [9.17, 15) is 0 Å². The molecule has 3 rings (SSSR count). The zero-order valence-corrected chi connectivity index (χ0v) is 12.4.